The van der Waals surface area contributed by atoms with Crippen molar-refractivity contribution in [2.75, 3.05) is 33.3 Å². The van der Waals surface area contributed by atoms with Gasteiger partial charge < -0.3 is 19.9 Å². The minimum atomic E-state index is -0.622. The third kappa shape index (κ3) is 6.09. The first-order valence-corrected chi connectivity index (χ1v) is 11.9. The third-order valence-corrected chi connectivity index (χ3v) is 7.01. The maximum Gasteiger partial charge on any atom is 0.328 e. The summed E-state index contributed by atoms with van der Waals surface area (Å²) in [5.74, 6) is -0.0912. The van der Waals surface area contributed by atoms with Crippen LogP contribution < -0.4 is 5.32 Å². The van der Waals surface area contributed by atoms with E-state index in [1.165, 1.54) is 7.11 Å². The summed E-state index contributed by atoms with van der Waals surface area (Å²) in [5, 5.41) is 6.87. The van der Waals surface area contributed by atoms with Gasteiger partial charge in [0.1, 0.15) is 6.04 Å². The summed E-state index contributed by atoms with van der Waals surface area (Å²) in [6.45, 7) is 6.78. The molecule has 1 aromatic rings. The van der Waals surface area contributed by atoms with Crippen LogP contribution >= 0.6 is 11.3 Å². The molecule has 1 atom stereocenters. The summed E-state index contributed by atoms with van der Waals surface area (Å²) in [6, 6.07) is 1.16. The Hall–Kier alpha value is -2.35. The highest BCUT2D eigenvalue weighted by Gasteiger charge is 2.43. The van der Waals surface area contributed by atoms with Crippen molar-refractivity contribution in [3.8, 4) is 0 Å². The van der Waals surface area contributed by atoms with Crippen LogP contribution in [0.15, 0.2) is 22.9 Å². The van der Waals surface area contributed by atoms with Crippen LogP contribution in [0.2, 0.25) is 0 Å². The van der Waals surface area contributed by atoms with Crippen LogP contribution in [0.4, 0.5) is 4.79 Å². The molecule has 7 nitrogen and oxygen atoms in total. The second-order valence-corrected chi connectivity index (χ2v) is 9.82. The van der Waals surface area contributed by atoms with Crippen molar-refractivity contribution in [1.82, 2.24) is 15.1 Å². The maximum absolute atomic E-state index is 12.8. The number of likely N-dealkylation sites (tertiary alicyclic amines) is 2. The zero-order valence-corrected chi connectivity index (χ0v) is 19.5. The number of nitrogens with zero attached hydrogens (tertiary/aromatic N) is 2. The van der Waals surface area contributed by atoms with E-state index in [0.717, 1.165) is 24.8 Å². The summed E-state index contributed by atoms with van der Waals surface area (Å²) in [4.78, 5) is 41.0. The number of ether oxygens (including phenoxy) is 1. The molecular formula is C23H33N3O4S. The fraction of sp³-hybridized carbons (Fsp3) is 0.609. The number of amides is 3. The van der Waals surface area contributed by atoms with E-state index in [9.17, 15) is 14.4 Å². The number of rotatable bonds is 6. The van der Waals surface area contributed by atoms with E-state index in [1.54, 1.807) is 17.4 Å². The Morgan fingerprint density at radius 3 is 2.45 bits per heavy atom. The van der Waals surface area contributed by atoms with E-state index in [0.29, 0.717) is 32.6 Å². The van der Waals surface area contributed by atoms with E-state index in [1.807, 2.05) is 46.5 Å². The predicted octanol–water partition coefficient (Wildman–Crippen LogP) is 3.37. The number of carbonyl (C=O) groups is 3. The molecule has 0 radical (unpaired) electrons. The Bertz CT molecular complexity index is 798. The first-order valence-electron chi connectivity index (χ1n) is 10.9. The summed E-state index contributed by atoms with van der Waals surface area (Å²) >= 11 is 1.61. The van der Waals surface area contributed by atoms with Gasteiger partial charge in [-0.25, -0.2) is 9.59 Å². The molecule has 170 valence electrons. The average Bonchev–Trinajstić information content (AvgIpc) is 3.41. The van der Waals surface area contributed by atoms with Crippen LogP contribution in [0, 0.1) is 11.3 Å². The highest BCUT2D eigenvalue weighted by molar-refractivity contribution is 7.08. The van der Waals surface area contributed by atoms with E-state index >= 15 is 0 Å². The van der Waals surface area contributed by atoms with Crippen LogP contribution in [0.5, 0.6) is 0 Å². The van der Waals surface area contributed by atoms with Gasteiger partial charge in [-0.05, 0) is 65.5 Å². The summed E-state index contributed by atoms with van der Waals surface area (Å²) in [6.07, 6.45) is 6.77. The lowest BCUT2D eigenvalue weighted by atomic mass is 9.78. The largest absolute Gasteiger partial charge is 0.467 e. The van der Waals surface area contributed by atoms with Gasteiger partial charge in [0.15, 0.2) is 0 Å². The minimum absolute atomic E-state index is 0.0447. The van der Waals surface area contributed by atoms with E-state index < -0.39 is 12.0 Å². The van der Waals surface area contributed by atoms with Gasteiger partial charge in [-0.1, -0.05) is 13.8 Å². The van der Waals surface area contributed by atoms with Gasteiger partial charge in [0, 0.05) is 32.3 Å². The lowest BCUT2D eigenvalue weighted by molar-refractivity contribution is -0.143. The van der Waals surface area contributed by atoms with E-state index in [4.69, 9.17) is 4.74 Å². The molecule has 0 aliphatic carbocycles. The lowest BCUT2D eigenvalue weighted by Crippen LogP contribution is -2.49. The third-order valence-electron chi connectivity index (χ3n) is 6.31. The quantitative estimate of drug-likeness (QED) is 0.536. The molecule has 0 saturated carbocycles. The molecule has 2 fully saturated rings. The first-order chi connectivity index (χ1) is 14.8. The number of urea groups is 1. The topological polar surface area (TPSA) is 79.0 Å². The molecule has 1 spiro atoms. The van der Waals surface area contributed by atoms with Crippen molar-refractivity contribution in [1.29, 1.82) is 0 Å². The molecular weight excluding hydrogens is 414 g/mol. The Morgan fingerprint density at radius 2 is 1.87 bits per heavy atom. The maximum atomic E-state index is 12.8. The Labute approximate surface area is 188 Å². The molecule has 3 rings (SSSR count). The van der Waals surface area contributed by atoms with Crippen LogP contribution in [-0.2, 0) is 14.3 Å². The first kappa shape index (κ1) is 23.3. The molecule has 31 heavy (non-hydrogen) atoms. The van der Waals surface area contributed by atoms with Gasteiger partial charge in [0.25, 0.3) is 0 Å². The van der Waals surface area contributed by atoms with Gasteiger partial charge in [0.05, 0.1) is 7.11 Å². The molecule has 0 aromatic carbocycles. The Kier molecular flexibility index (Phi) is 7.75. The highest BCUT2D eigenvalue weighted by Crippen LogP contribution is 2.40. The SMILES string of the molecule is COC(=O)C(CC(C)C)NC(=O)N1CCC2(CCN(C(=O)C=Cc3ccsc3)CC2)C1. The number of hydrogen-bond donors (Lipinski definition) is 1. The van der Waals surface area contributed by atoms with Crippen LogP contribution in [0.1, 0.15) is 45.1 Å². The smallest absolute Gasteiger partial charge is 0.328 e. The lowest BCUT2D eigenvalue weighted by Gasteiger charge is -2.39. The molecule has 2 aliphatic rings. The molecule has 2 aliphatic heterocycles. The number of nitrogens with one attached hydrogen (secondary N) is 1. The van der Waals surface area contributed by atoms with Crippen LogP contribution in [0.3, 0.4) is 0 Å². The number of carbonyl (C=O) groups excluding carboxylic acids is 3. The van der Waals surface area contributed by atoms with E-state index in [2.05, 4.69) is 5.32 Å². The zero-order chi connectivity index (χ0) is 22.4. The van der Waals surface area contributed by atoms with Crippen LogP contribution in [0.25, 0.3) is 6.08 Å². The Balaban J connectivity index is 1.50. The fourth-order valence-corrected chi connectivity index (χ4v) is 5.06. The molecule has 0 bridgehead atoms. The van der Waals surface area contributed by atoms with Crippen molar-refractivity contribution in [3.63, 3.8) is 0 Å². The van der Waals surface area contributed by atoms with Gasteiger partial charge in [0.2, 0.25) is 5.91 Å². The molecule has 1 unspecified atom stereocenters. The fourth-order valence-electron chi connectivity index (χ4n) is 4.43. The average molecular weight is 448 g/mol. The number of methoxy groups -OCH3 is 1. The van der Waals surface area contributed by atoms with Crippen molar-refractivity contribution < 1.29 is 19.1 Å². The van der Waals surface area contributed by atoms with Crippen molar-refractivity contribution in [3.05, 3.63) is 28.5 Å². The van der Waals surface area contributed by atoms with E-state index in [-0.39, 0.29) is 23.3 Å². The van der Waals surface area contributed by atoms with Crippen LogP contribution in [-0.4, -0.2) is 67.0 Å². The Morgan fingerprint density at radius 1 is 1.19 bits per heavy atom. The van der Waals surface area contributed by atoms with Gasteiger partial charge in [-0.3, -0.25) is 4.79 Å². The van der Waals surface area contributed by atoms with Gasteiger partial charge in [-0.15, -0.1) is 0 Å². The minimum Gasteiger partial charge on any atom is -0.467 e. The monoisotopic (exact) mass is 447 g/mol. The molecule has 1 aromatic heterocycles. The molecule has 8 heteroatoms. The standard InChI is InChI=1S/C23H33N3O4S/c1-17(2)14-19(21(28)30-3)24-22(29)26-12-9-23(16-26)7-10-25(11-8-23)20(27)5-4-18-6-13-31-15-18/h4-6,13,15,17,19H,7-12,14,16H2,1-3H3,(H,24,29). The molecule has 3 amide bonds. The van der Waals surface area contributed by atoms with Crippen molar-refractivity contribution >= 4 is 35.3 Å². The summed E-state index contributed by atoms with van der Waals surface area (Å²) in [5.41, 5.74) is 1.11. The number of hydrogen-bond acceptors (Lipinski definition) is 5. The molecule has 2 saturated heterocycles. The number of thiophene rings is 1. The zero-order valence-electron chi connectivity index (χ0n) is 18.6. The molecule has 3 heterocycles. The summed E-state index contributed by atoms with van der Waals surface area (Å²) in [7, 11) is 1.34. The van der Waals surface area contributed by atoms with Crippen molar-refractivity contribution in [2.45, 2.75) is 45.6 Å². The second-order valence-electron chi connectivity index (χ2n) is 9.04. The second kappa shape index (κ2) is 10.3. The summed E-state index contributed by atoms with van der Waals surface area (Å²) < 4.78 is 4.85. The van der Waals surface area contributed by atoms with Gasteiger partial charge >= 0.3 is 12.0 Å². The number of piperidine rings is 1. The van der Waals surface area contributed by atoms with Crippen molar-refractivity contribution in [2.24, 2.45) is 11.3 Å². The number of esters is 1. The normalized spacial score (nSPS) is 19.2. The highest BCUT2D eigenvalue weighted by atomic mass is 32.1. The predicted molar refractivity (Wildman–Crippen MR) is 122 cm³/mol. The van der Waals surface area contributed by atoms with Gasteiger partial charge in [-0.2, -0.15) is 11.3 Å². The molecule has 1 N–H and O–H groups in total.